The average molecular weight is 561 g/mol. The molecule has 0 aliphatic carbocycles. The topological polar surface area (TPSA) is 59.7 Å². The van der Waals surface area contributed by atoms with Crippen molar-refractivity contribution in [3.8, 4) is 0 Å². The van der Waals surface area contributed by atoms with Gasteiger partial charge in [-0.15, -0.1) is 0 Å². The Morgan fingerprint density at radius 3 is 1.40 bits per heavy atom. The first-order chi connectivity index (χ1) is 20.3. The second kappa shape index (κ2) is 11.9. The molecule has 2 N–H and O–H groups in total. The molecule has 4 heterocycles. The van der Waals surface area contributed by atoms with Crippen LogP contribution in [-0.4, -0.2) is 32.2 Å². The van der Waals surface area contributed by atoms with Crippen LogP contribution in [-0.2, 0) is 13.1 Å². The van der Waals surface area contributed by atoms with Gasteiger partial charge >= 0.3 is 0 Å². The van der Waals surface area contributed by atoms with Crippen LogP contribution in [0.3, 0.4) is 0 Å². The van der Waals surface area contributed by atoms with Gasteiger partial charge in [-0.1, -0.05) is 36.4 Å². The molecule has 0 fully saturated rings. The molecule has 42 heavy (non-hydrogen) atoms. The molecular formula is C36H44N6. The predicted molar refractivity (Wildman–Crippen MR) is 177 cm³/mol. The number of pyridine rings is 2. The fraction of sp³-hybridized carbons (Fsp3) is 0.389. The summed E-state index contributed by atoms with van der Waals surface area (Å²) in [6, 6.07) is 22.8. The van der Waals surface area contributed by atoms with E-state index in [0.29, 0.717) is 12.1 Å². The molecule has 6 aromatic rings. The number of hydrogen-bond acceptors (Lipinski definition) is 4. The van der Waals surface area contributed by atoms with Gasteiger partial charge in [-0.2, -0.15) is 0 Å². The maximum Gasteiger partial charge on any atom is 0.0710 e. The largest absolute Gasteiger partial charge is 0.336 e. The summed E-state index contributed by atoms with van der Waals surface area (Å²) in [5.74, 6) is 0. The Labute approximate surface area is 249 Å². The molecule has 2 aromatic carbocycles. The minimum atomic E-state index is 0.389. The third kappa shape index (κ3) is 5.18. The number of aromatic nitrogens is 4. The van der Waals surface area contributed by atoms with E-state index in [9.17, 15) is 0 Å². The van der Waals surface area contributed by atoms with Gasteiger partial charge in [0.2, 0.25) is 0 Å². The van der Waals surface area contributed by atoms with Gasteiger partial charge in [-0.25, -0.2) is 0 Å². The van der Waals surface area contributed by atoms with E-state index in [1.165, 1.54) is 43.6 Å². The zero-order valence-corrected chi connectivity index (χ0v) is 26.0. The summed E-state index contributed by atoms with van der Waals surface area (Å²) < 4.78 is 4.85. The Bertz CT molecular complexity index is 1740. The van der Waals surface area contributed by atoms with Crippen LogP contribution in [0.4, 0.5) is 0 Å². The lowest BCUT2D eigenvalue weighted by molar-refractivity contribution is 0.576. The van der Waals surface area contributed by atoms with E-state index in [-0.39, 0.29) is 0 Å². The number of fused-ring (bicyclic) bond motifs is 6. The van der Waals surface area contributed by atoms with Crippen molar-refractivity contribution in [2.24, 2.45) is 0 Å². The fourth-order valence-corrected chi connectivity index (χ4v) is 6.73. The summed E-state index contributed by atoms with van der Waals surface area (Å²) in [6.45, 7) is 16.8. The van der Waals surface area contributed by atoms with Crippen LogP contribution in [0, 0.1) is 13.8 Å². The maximum absolute atomic E-state index is 4.97. The smallest absolute Gasteiger partial charge is 0.0710 e. The zero-order chi connectivity index (χ0) is 29.4. The van der Waals surface area contributed by atoms with Crippen LogP contribution in [0.2, 0.25) is 0 Å². The van der Waals surface area contributed by atoms with Gasteiger partial charge in [-0.05, 0) is 91.7 Å². The van der Waals surface area contributed by atoms with Crippen molar-refractivity contribution in [2.45, 2.75) is 79.6 Å². The lowest BCUT2D eigenvalue weighted by Crippen LogP contribution is -2.19. The van der Waals surface area contributed by atoms with E-state index < -0.39 is 0 Å². The van der Waals surface area contributed by atoms with E-state index in [1.807, 2.05) is 0 Å². The lowest BCUT2D eigenvalue weighted by Gasteiger charge is -2.13. The first kappa shape index (κ1) is 28.4. The van der Waals surface area contributed by atoms with E-state index in [2.05, 4.69) is 122 Å². The highest BCUT2D eigenvalue weighted by atomic mass is 15.0. The van der Waals surface area contributed by atoms with Crippen LogP contribution < -0.4 is 10.6 Å². The minimum absolute atomic E-state index is 0.389. The molecular weight excluding hydrogens is 516 g/mol. The molecule has 0 amide bonds. The van der Waals surface area contributed by atoms with Gasteiger partial charge in [0, 0.05) is 57.8 Å². The Balaban J connectivity index is 1.03. The molecule has 0 unspecified atom stereocenters. The van der Waals surface area contributed by atoms with Gasteiger partial charge in [0.1, 0.15) is 0 Å². The van der Waals surface area contributed by atoms with Crippen LogP contribution in [0.25, 0.3) is 43.6 Å². The molecule has 0 aliphatic heterocycles. The molecule has 6 rings (SSSR count). The number of hydrogen-bond donors (Lipinski definition) is 2. The van der Waals surface area contributed by atoms with Crippen LogP contribution in [0.15, 0.2) is 60.7 Å². The van der Waals surface area contributed by atoms with E-state index in [4.69, 9.17) is 9.97 Å². The minimum Gasteiger partial charge on any atom is -0.336 e. The lowest BCUT2D eigenvalue weighted by atomic mass is 10.1. The van der Waals surface area contributed by atoms with E-state index in [1.54, 1.807) is 0 Å². The van der Waals surface area contributed by atoms with E-state index in [0.717, 1.165) is 61.8 Å². The second-order valence-electron chi connectivity index (χ2n) is 12.2. The highest BCUT2D eigenvalue weighted by Crippen LogP contribution is 2.34. The van der Waals surface area contributed by atoms with Crippen molar-refractivity contribution in [1.29, 1.82) is 0 Å². The predicted octanol–water partition coefficient (Wildman–Crippen LogP) is 8.13. The first-order valence-electron chi connectivity index (χ1n) is 15.5. The number of benzene rings is 2. The van der Waals surface area contributed by atoms with Crippen molar-refractivity contribution >= 4 is 43.6 Å². The fourth-order valence-electron chi connectivity index (χ4n) is 6.73. The Kier molecular flexibility index (Phi) is 8.02. The van der Waals surface area contributed by atoms with Gasteiger partial charge < -0.3 is 19.8 Å². The average Bonchev–Trinajstić information content (AvgIpc) is 3.49. The second-order valence-corrected chi connectivity index (χ2v) is 12.2. The molecule has 0 atom stereocenters. The summed E-state index contributed by atoms with van der Waals surface area (Å²) in [5, 5.41) is 12.5. The normalized spacial score (nSPS) is 12.3. The van der Waals surface area contributed by atoms with Crippen molar-refractivity contribution in [3.05, 3.63) is 83.4 Å². The molecule has 0 saturated heterocycles. The summed E-state index contributed by atoms with van der Waals surface area (Å²) in [5.41, 5.74) is 9.53. The number of rotatable bonds is 11. The molecule has 0 aliphatic rings. The van der Waals surface area contributed by atoms with Crippen LogP contribution >= 0.6 is 0 Å². The highest BCUT2D eigenvalue weighted by Gasteiger charge is 2.17. The van der Waals surface area contributed by atoms with E-state index >= 15 is 0 Å². The SMILES string of the molecule is Cc1nc(CNCCCCNCc2cc3c4ccccc4n(C(C)C)c3c(C)n2)cc2c3ccccc3n(C(C)C)c12. The standard InChI is InChI=1S/C36H44N6/c1-23(2)41-33-15-9-7-13-29(33)31-19-27(39-25(5)35(31)41)21-37-17-11-12-18-38-22-28-20-32-30-14-8-10-16-34(30)42(24(3)4)36(32)26(6)40-28/h7-10,13-16,19-20,23-24,37-38H,11-12,17-18,21-22H2,1-6H3. The molecule has 6 heteroatoms. The number of nitrogens with zero attached hydrogens (tertiary/aromatic N) is 4. The van der Waals surface area contributed by atoms with Crippen molar-refractivity contribution in [1.82, 2.24) is 29.7 Å². The number of aryl methyl sites for hydroxylation is 2. The van der Waals surface area contributed by atoms with Crippen LogP contribution in [0.5, 0.6) is 0 Å². The first-order valence-corrected chi connectivity index (χ1v) is 15.5. The molecule has 6 nitrogen and oxygen atoms in total. The summed E-state index contributed by atoms with van der Waals surface area (Å²) in [4.78, 5) is 9.95. The van der Waals surface area contributed by atoms with Crippen LogP contribution in [0.1, 0.15) is 75.4 Å². The molecule has 0 radical (unpaired) electrons. The number of para-hydroxylation sites is 2. The van der Waals surface area contributed by atoms with Gasteiger partial charge in [0.05, 0.1) is 33.8 Å². The number of nitrogens with one attached hydrogen (secondary N) is 2. The Morgan fingerprint density at radius 1 is 0.595 bits per heavy atom. The molecule has 4 aromatic heterocycles. The summed E-state index contributed by atoms with van der Waals surface area (Å²) in [6.07, 6.45) is 2.24. The third-order valence-electron chi connectivity index (χ3n) is 8.43. The van der Waals surface area contributed by atoms with Crippen molar-refractivity contribution < 1.29 is 0 Å². The highest BCUT2D eigenvalue weighted by molar-refractivity contribution is 6.09. The van der Waals surface area contributed by atoms with Gasteiger partial charge in [0.25, 0.3) is 0 Å². The van der Waals surface area contributed by atoms with Gasteiger partial charge in [-0.3, -0.25) is 9.97 Å². The monoisotopic (exact) mass is 560 g/mol. The quantitative estimate of drug-likeness (QED) is 0.157. The number of unbranched alkanes of at least 4 members (excludes halogenated alkanes) is 1. The molecule has 218 valence electrons. The maximum atomic E-state index is 4.97. The molecule has 0 bridgehead atoms. The van der Waals surface area contributed by atoms with Gasteiger partial charge in [0.15, 0.2) is 0 Å². The van der Waals surface area contributed by atoms with Crippen molar-refractivity contribution in [2.75, 3.05) is 13.1 Å². The molecule has 0 saturated carbocycles. The summed E-state index contributed by atoms with van der Waals surface area (Å²) in [7, 11) is 0. The Morgan fingerprint density at radius 2 is 1.00 bits per heavy atom. The third-order valence-corrected chi connectivity index (χ3v) is 8.43. The Hall–Kier alpha value is -3.74. The van der Waals surface area contributed by atoms with Crippen molar-refractivity contribution in [3.63, 3.8) is 0 Å². The molecule has 0 spiro atoms. The zero-order valence-electron chi connectivity index (χ0n) is 26.0. The summed E-state index contributed by atoms with van der Waals surface area (Å²) >= 11 is 0.